The first kappa shape index (κ1) is 21.8. The minimum atomic E-state index is -0.243. The van der Waals surface area contributed by atoms with Crippen LogP contribution in [0.1, 0.15) is 38.7 Å². The summed E-state index contributed by atoms with van der Waals surface area (Å²) in [5.74, 6) is 2.15. The topological polar surface area (TPSA) is 48.0 Å². The van der Waals surface area contributed by atoms with Gasteiger partial charge in [0.25, 0.3) is 5.91 Å². The Labute approximate surface area is 189 Å². The number of nitrogens with zero attached hydrogens (tertiary/aromatic N) is 1. The van der Waals surface area contributed by atoms with Gasteiger partial charge < -0.3 is 19.1 Å². The van der Waals surface area contributed by atoms with E-state index in [4.69, 9.17) is 14.2 Å². The van der Waals surface area contributed by atoms with Gasteiger partial charge in [0.05, 0.1) is 20.3 Å². The molecule has 1 heterocycles. The zero-order valence-corrected chi connectivity index (χ0v) is 19.1. The van der Waals surface area contributed by atoms with E-state index >= 15 is 0 Å². The van der Waals surface area contributed by atoms with Gasteiger partial charge in [-0.1, -0.05) is 24.3 Å². The van der Waals surface area contributed by atoms with Crippen LogP contribution in [-0.4, -0.2) is 38.2 Å². The molecule has 0 N–H and O–H groups in total. The summed E-state index contributed by atoms with van der Waals surface area (Å²) >= 11 is 0. The van der Waals surface area contributed by atoms with Crippen molar-refractivity contribution in [2.75, 3.05) is 27.4 Å². The van der Waals surface area contributed by atoms with Crippen LogP contribution in [0.5, 0.6) is 17.2 Å². The molecule has 0 saturated carbocycles. The number of fused-ring (bicyclic) bond motifs is 1. The van der Waals surface area contributed by atoms with Crippen molar-refractivity contribution in [3.05, 3.63) is 88.5 Å². The van der Waals surface area contributed by atoms with Gasteiger partial charge in [-0.05, 0) is 78.9 Å². The molecule has 3 aromatic rings. The zero-order chi connectivity index (χ0) is 22.7. The number of aryl methyl sites for hydroxylation is 2. The first-order chi connectivity index (χ1) is 15.5. The van der Waals surface area contributed by atoms with Crippen LogP contribution in [0.4, 0.5) is 0 Å². The minimum Gasteiger partial charge on any atom is -0.493 e. The standard InChI is InChI=1S/C27H29NO4/c1-18-12-19(2)14-22(13-18)32-17-24-23-16-26(31-4)25(30-3)15-21(23)10-11-28(24)27(29)20-8-6-5-7-9-20/h5-9,12-16,24H,10-11,17H2,1-4H3/t24-/m0/s1. The van der Waals surface area contributed by atoms with Crippen LogP contribution in [0.3, 0.4) is 0 Å². The number of carbonyl (C=O) groups is 1. The Morgan fingerprint density at radius 3 is 2.25 bits per heavy atom. The van der Waals surface area contributed by atoms with Crippen LogP contribution in [0, 0.1) is 13.8 Å². The van der Waals surface area contributed by atoms with Crippen molar-refractivity contribution in [3.63, 3.8) is 0 Å². The van der Waals surface area contributed by atoms with Gasteiger partial charge >= 0.3 is 0 Å². The van der Waals surface area contributed by atoms with Crippen LogP contribution in [0.25, 0.3) is 0 Å². The molecule has 1 amide bonds. The van der Waals surface area contributed by atoms with Crippen molar-refractivity contribution in [1.82, 2.24) is 4.90 Å². The van der Waals surface area contributed by atoms with Crippen molar-refractivity contribution in [1.29, 1.82) is 0 Å². The number of methoxy groups -OCH3 is 2. The Morgan fingerprint density at radius 2 is 1.59 bits per heavy atom. The molecule has 1 aliphatic rings. The van der Waals surface area contributed by atoms with Gasteiger partial charge in [-0.3, -0.25) is 4.79 Å². The first-order valence-corrected chi connectivity index (χ1v) is 10.8. The molecule has 1 atom stereocenters. The van der Waals surface area contributed by atoms with E-state index in [0.717, 1.165) is 34.4 Å². The lowest BCUT2D eigenvalue weighted by Gasteiger charge is -2.37. The summed E-state index contributed by atoms with van der Waals surface area (Å²) < 4.78 is 17.3. The summed E-state index contributed by atoms with van der Waals surface area (Å²) in [7, 11) is 3.26. The molecular weight excluding hydrogens is 402 g/mol. The van der Waals surface area contributed by atoms with E-state index in [-0.39, 0.29) is 11.9 Å². The molecule has 0 unspecified atom stereocenters. The number of amides is 1. The third-order valence-corrected chi connectivity index (χ3v) is 5.89. The summed E-state index contributed by atoms with van der Waals surface area (Å²) in [6.07, 6.45) is 0.744. The summed E-state index contributed by atoms with van der Waals surface area (Å²) in [6, 6.07) is 19.3. The normalized spacial score (nSPS) is 15.1. The van der Waals surface area contributed by atoms with Gasteiger partial charge in [-0.2, -0.15) is 0 Å². The maximum atomic E-state index is 13.4. The van der Waals surface area contributed by atoms with Crippen LogP contribution in [0.2, 0.25) is 0 Å². The number of ether oxygens (including phenoxy) is 3. The molecule has 0 spiro atoms. The Kier molecular flexibility index (Phi) is 6.35. The average Bonchev–Trinajstić information content (AvgIpc) is 2.81. The molecule has 0 aromatic heterocycles. The number of carbonyl (C=O) groups excluding carboxylic acids is 1. The van der Waals surface area contributed by atoms with Crippen LogP contribution in [-0.2, 0) is 6.42 Å². The summed E-state index contributed by atoms with van der Waals surface area (Å²) in [5, 5.41) is 0. The quantitative estimate of drug-likeness (QED) is 0.542. The lowest BCUT2D eigenvalue weighted by Crippen LogP contribution is -2.42. The predicted molar refractivity (Wildman–Crippen MR) is 125 cm³/mol. The molecule has 0 bridgehead atoms. The van der Waals surface area contributed by atoms with Crippen LogP contribution >= 0.6 is 0 Å². The fourth-order valence-corrected chi connectivity index (χ4v) is 4.39. The monoisotopic (exact) mass is 431 g/mol. The molecule has 5 heteroatoms. The maximum Gasteiger partial charge on any atom is 0.254 e. The van der Waals surface area contributed by atoms with E-state index in [2.05, 4.69) is 19.9 Å². The number of hydrogen-bond donors (Lipinski definition) is 0. The number of rotatable bonds is 6. The molecule has 166 valence electrons. The highest BCUT2D eigenvalue weighted by Gasteiger charge is 2.33. The summed E-state index contributed by atoms with van der Waals surface area (Å²) in [6.45, 7) is 5.07. The molecule has 3 aromatic carbocycles. The molecule has 5 nitrogen and oxygen atoms in total. The molecule has 4 rings (SSSR count). The highest BCUT2D eigenvalue weighted by Crippen LogP contribution is 2.39. The molecule has 0 aliphatic carbocycles. The highest BCUT2D eigenvalue weighted by molar-refractivity contribution is 5.94. The summed E-state index contributed by atoms with van der Waals surface area (Å²) in [4.78, 5) is 15.3. The van der Waals surface area contributed by atoms with Gasteiger partial charge in [-0.15, -0.1) is 0 Å². The van der Waals surface area contributed by atoms with Gasteiger partial charge in [0.1, 0.15) is 12.4 Å². The predicted octanol–water partition coefficient (Wildman–Crippen LogP) is 5.14. The average molecular weight is 432 g/mol. The van der Waals surface area contributed by atoms with Gasteiger partial charge in [0.15, 0.2) is 11.5 Å². The Morgan fingerprint density at radius 1 is 0.938 bits per heavy atom. The van der Waals surface area contributed by atoms with Crippen LogP contribution in [0.15, 0.2) is 60.7 Å². The molecule has 0 saturated heterocycles. The molecule has 0 fully saturated rings. The van der Waals surface area contributed by atoms with Gasteiger partial charge in [-0.25, -0.2) is 0 Å². The smallest absolute Gasteiger partial charge is 0.254 e. The van der Waals surface area contributed by atoms with Crippen molar-refractivity contribution in [2.24, 2.45) is 0 Å². The van der Waals surface area contributed by atoms with Gasteiger partial charge in [0.2, 0.25) is 0 Å². The fraction of sp³-hybridized carbons (Fsp3) is 0.296. The fourth-order valence-electron chi connectivity index (χ4n) is 4.39. The second-order valence-corrected chi connectivity index (χ2v) is 8.17. The van der Waals surface area contributed by atoms with Crippen molar-refractivity contribution < 1.29 is 19.0 Å². The minimum absolute atomic E-state index is 0.0000534. The summed E-state index contributed by atoms with van der Waals surface area (Å²) in [5.41, 5.74) is 5.14. The highest BCUT2D eigenvalue weighted by atomic mass is 16.5. The van der Waals surface area contributed by atoms with Crippen LogP contribution < -0.4 is 14.2 Å². The Bertz CT molecular complexity index is 1090. The largest absolute Gasteiger partial charge is 0.493 e. The Hall–Kier alpha value is -3.47. The maximum absolute atomic E-state index is 13.4. The van der Waals surface area contributed by atoms with Crippen molar-refractivity contribution in [2.45, 2.75) is 26.3 Å². The third-order valence-electron chi connectivity index (χ3n) is 5.89. The number of benzene rings is 3. The molecule has 32 heavy (non-hydrogen) atoms. The second-order valence-electron chi connectivity index (χ2n) is 8.17. The lowest BCUT2D eigenvalue weighted by molar-refractivity contribution is 0.0589. The van der Waals surface area contributed by atoms with E-state index < -0.39 is 0 Å². The van der Waals surface area contributed by atoms with E-state index in [1.807, 2.05) is 59.5 Å². The zero-order valence-electron chi connectivity index (χ0n) is 19.1. The van der Waals surface area contributed by atoms with E-state index in [9.17, 15) is 4.79 Å². The molecular formula is C27H29NO4. The molecule has 0 radical (unpaired) electrons. The number of hydrogen-bond acceptors (Lipinski definition) is 4. The van der Waals surface area contributed by atoms with Crippen molar-refractivity contribution in [3.8, 4) is 17.2 Å². The van der Waals surface area contributed by atoms with E-state index in [1.165, 1.54) is 0 Å². The first-order valence-electron chi connectivity index (χ1n) is 10.8. The second kappa shape index (κ2) is 9.35. The molecule has 1 aliphatic heterocycles. The SMILES string of the molecule is COc1cc2c(cc1OC)[C@H](COc1cc(C)cc(C)c1)N(C(=O)c1ccccc1)CC2. The third kappa shape index (κ3) is 4.42. The Balaban J connectivity index is 1.71. The van der Waals surface area contributed by atoms with Gasteiger partial charge in [0, 0.05) is 12.1 Å². The lowest BCUT2D eigenvalue weighted by atomic mass is 9.91. The van der Waals surface area contributed by atoms with E-state index in [1.54, 1.807) is 14.2 Å². The van der Waals surface area contributed by atoms with Crippen molar-refractivity contribution >= 4 is 5.91 Å². The van der Waals surface area contributed by atoms with E-state index in [0.29, 0.717) is 30.2 Å².